The quantitative estimate of drug-likeness (QED) is 0.694. The molecule has 2 N–H and O–H groups in total. The molecule has 0 atom stereocenters. The number of furan rings is 1. The molecule has 2 amide bonds. The zero-order valence-electron chi connectivity index (χ0n) is 15.6. The third-order valence-corrected chi connectivity index (χ3v) is 6.26. The number of nitrogens with zero attached hydrogens (tertiary/aromatic N) is 1. The number of rotatable bonds is 5. The van der Waals surface area contributed by atoms with Gasteiger partial charge in [-0.05, 0) is 37.7 Å². The molecule has 6 nitrogen and oxygen atoms in total. The summed E-state index contributed by atoms with van der Waals surface area (Å²) in [6.07, 6.45) is 6.57. The van der Waals surface area contributed by atoms with Gasteiger partial charge in [-0.2, -0.15) is 0 Å². The monoisotopic (exact) mass is 385 g/mol. The van der Waals surface area contributed by atoms with Crippen molar-refractivity contribution >= 4 is 39.3 Å². The molecule has 0 spiro atoms. The van der Waals surface area contributed by atoms with Crippen LogP contribution in [0.2, 0.25) is 0 Å². The van der Waals surface area contributed by atoms with Crippen LogP contribution in [-0.4, -0.2) is 22.9 Å². The average Bonchev–Trinajstić information content (AvgIpc) is 3.34. The average molecular weight is 385 g/mol. The lowest BCUT2D eigenvalue weighted by Gasteiger charge is -2.13. The summed E-state index contributed by atoms with van der Waals surface area (Å²) in [6, 6.07) is 3.56. The minimum atomic E-state index is -0.230. The molecule has 3 aromatic heterocycles. The van der Waals surface area contributed by atoms with Gasteiger partial charge in [0, 0.05) is 30.6 Å². The van der Waals surface area contributed by atoms with Crippen LogP contribution in [0, 0.1) is 0 Å². The van der Waals surface area contributed by atoms with E-state index in [-0.39, 0.29) is 11.8 Å². The molecule has 0 fully saturated rings. The minimum absolute atomic E-state index is 0.0906. The van der Waals surface area contributed by atoms with Crippen molar-refractivity contribution in [3.05, 3.63) is 40.1 Å². The van der Waals surface area contributed by atoms with Crippen molar-refractivity contribution in [1.82, 2.24) is 9.88 Å². The fourth-order valence-corrected chi connectivity index (χ4v) is 4.94. The molecule has 1 aliphatic rings. The lowest BCUT2D eigenvalue weighted by atomic mass is 9.95. The maximum absolute atomic E-state index is 12.9. The second-order valence-corrected chi connectivity index (χ2v) is 7.99. The molecule has 0 aliphatic heterocycles. The molecule has 0 aromatic carbocycles. The Morgan fingerprint density at radius 2 is 2.07 bits per heavy atom. The van der Waals surface area contributed by atoms with Crippen LogP contribution in [0.5, 0.6) is 0 Å². The van der Waals surface area contributed by atoms with E-state index in [0.717, 1.165) is 43.2 Å². The number of aryl methyl sites for hydroxylation is 2. The van der Waals surface area contributed by atoms with Gasteiger partial charge in [0.2, 0.25) is 0 Å². The standard InChI is InChI=1S/C20H23N3O3S/c1-3-9-21-19(25)17-12-6-4-5-7-16(12)27-20(17)22-18(24)14-11-15-13(23(14)2)8-10-26-15/h8,10-11H,3-7,9H2,1-2H3,(H,21,25)(H,22,24). The molecule has 0 bridgehead atoms. The van der Waals surface area contributed by atoms with Crippen molar-refractivity contribution in [1.29, 1.82) is 0 Å². The second kappa shape index (κ2) is 7.23. The Bertz CT molecular complexity index is 1010. The van der Waals surface area contributed by atoms with E-state index >= 15 is 0 Å². The normalized spacial score (nSPS) is 13.6. The first-order chi connectivity index (χ1) is 13.1. The maximum atomic E-state index is 12.9. The Balaban J connectivity index is 1.67. The van der Waals surface area contributed by atoms with Gasteiger partial charge in [0.1, 0.15) is 10.7 Å². The predicted molar refractivity (Wildman–Crippen MR) is 107 cm³/mol. The number of carbonyl (C=O) groups is 2. The topological polar surface area (TPSA) is 76.3 Å². The summed E-state index contributed by atoms with van der Waals surface area (Å²) in [6.45, 7) is 2.65. The minimum Gasteiger partial charge on any atom is -0.463 e. The molecule has 7 heteroatoms. The first-order valence-electron chi connectivity index (χ1n) is 9.37. The predicted octanol–water partition coefficient (Wildman–Crippen LogP) is 4.10. The summed E-state index contributed by atoms with van der Waals surface area (Å²) in [5.41, 5.74) is 3.81. The third kappa shape index (κ3) is 3.16. The zero-order valence-corrected chi connectivity index (χ0v) is 16.4. The lowest BCUT2D eigenvalue weighted by molar-refractivity contribution is 0.0954. The fourth-order valence-electron chi connectivity index (χ4n) is 3.66. The SMILES string of the molecule is CCCNC(=O)c1c(NC(=O)c2cc3occc3n2C)sc2c1CCCC2. The van der Waals surface area contributed by atoms with Gasteiger partial charge in [0.15, 0.2) is 5.58 Å². The van der Waals surface area contributed by atoms with Crippen molar-refractivity contribution in [3.63, 3.8) is 0 Å². The first kappa shape index (κ1) is 17.9. The van der Waals surface area contributed by atoms with Crippen LogP contribution in [0.1, 0.15) is 57.5 Å². The summed E-state index contributed by atoms with van der Waals surface area (Å²) in [5, 5.41) is 6.60. The van der Waals surface area contributed by atoms with Crippen molar-refractivity contribution in [2.24, 2.45) is 7.05 Å². The number of carbonyl (C=O) groups excluding carboxylic acids is 2. The molecular formula is C20H23N3O3S. The largest absolute Gasteiger partial charge is 0.463 e. The number of hydrogen-bond acceptors (Lipinski definition) is 4. The van der Waals surface area contributed by atoms with Crippen LogP contribution in [0.25, 0.3) is 11.1 Å². The summed E-state index contributed by atoms with van der Waals surface area (Å²) in [7, 11) is 1.83. The molecule has 27 heavy (non-hydrogen) atoms. The van der Waals surface area contributed by atoms with E-state index in [9.17, 15) is 9.59 Å². The summed E-state index contributed by atoms with van der Waals surface area (Å²) in [5.74, 6) is -0.320. The molecule has 4 rings (SSSR count). The molecule has 142 valence electrons. The van der Waals surface area contributed by atoms with Crippen molar-refractivity contribution in [3.8, 4) is 0 Å². The fraction of sp³-hybridized carbons (Fsp3) is 0.400. The maximum Gasteiger partial charge on any atom is 0.273 e. The Labute approximate surface area is 161 Å². The van der Waals surface area contributed by atoms with Gasteiger partial charge in [-0.15, -0.1) is 11.3 Å². The zero-order chi connectivity index (χ0) is 19.0. The smallest absolute Gasteiger partial charge is 0.273 e. The number of fused-ring (bicyclic) bond motifs is 2. The van der Waals surface area contributed by atoms with Crippen LogP contribution in [0.15, 0.2) is 22.8 Å². The van der Waals surface area contributed by atoms with Crippen LogP contribution >= 0.6 is 11.3 Å². The molecule has 0 saturated heterocycles. The molecular weight excluding hydrogens is 362 g/mol. The Kier molecular flexibility index (Phi) is 4.78. The van der Waals surface area contributed by atoms with Gasteiger partial charge in [-0.25, -0.2) is 0 Å². The van der Waals surface area contributed by atoms with E-state index in [1.165, 1.54) is 16.2 Å². The van der Waals surface area contributed by atoms with Gasteiger partial charge in [0.25, 0.3) is 11.8 Å². The second-order valence-electron chi connectivity index (χ2n) is 6.88. The van der Waals surface area contributed by atoms with E-state index < -0.39 is 0 Å². The molecule has 0 radical (unpaired) electrons. The molecule has 1 aliphatic carbocycles. The Morgan fingerprint density at radius 3 is 2.85 bits per heavy atom. The molecule has 3 aromatic rings. The number of aromatic nitrogens is 1. The van der Waals surface area contributed by atoms with Crippen LogP contribution in [0.3, 0.4) is 0 Å². The van der Waals surface area contributed by atoms with E-state index in [2.05, 4.69) is 10.6 Å². The number of anilines is 1. The Morgan fingerprint density at radius 1 is 1.26 bits per heavy atom. The van der Waals surface area contributed by atoms with Crippen LogP contribution in [-0.2, 0) is 19.9 Å². The summed E-state index contributed by atoms with van der Waals surface area (Å²) >= 11 is 1.54. The lowest BCUT2D eigenvalue weighted by Crippen LogP contribution is -2.26. The third-order valence-electron chi connectivity index (χ3n) is 5.06. The van der Waals surface area contributed by atoms with Gasteiger partial charge >= 0.3 is 0 Å². The molecule has 0 saturated carbocycles. The number of thiophene rings is 1. The molecule has 3 heterocycles. The number of hydrogen-bond donors (Lipinski definition) is 2. The van der Waals surface area contributed by atoms with Gasteiger partial charge in [0.05, 0.1) is 17.3 Å². The highest BCUT2D eigenvalue weighted by molar-refractivity contribution is 7.17. The first-order valence-corrected chi connectivity index (χ1v) is 10.2. The number of nitrogens with one attached hydrogen (secondary N) is 2. The highest BCUT2D eigenvalue weighted by Crippen LogP contribution is 2.38. The van der Waals surface area contributed by atoms with E-state index in [1.807, 2.05) is 20.0 Å². The molecule has 0 unspecified atom stereocenters. The van der Waals surface area contributed by atoms with Gasteiger partial charge in [-0.3, -0.25) is 9.59 Å². The highest BCUT2D eigenvalue weighted by Gasteiger charge is 2.27. The van der Waals surface area contributed by atoms with E-state index in [1.54, 1.807) is 16.9 Å². The van der Waals surface area contributed by atoms with Crippen molar-refractivity contribution in [2.75, 3.05) is 11.9 Å². The Hall–Kier alpha value is -2.54. The van der Waals surface area contributed by atoms with Gasteiger partial charge < -0.3 is 19.6 Å². The van der Waals surface area contributed by atoms with Crippen molar-refractivity contribution < 1.29 is 14.0 Å². The number of amides is 2. The van der Waals surface area contributed by atoms with Crippen molar-refractivity contribution in [2.45, 2.75) is 39.0 Å². The summed E-state index contributed by atoms with van der Waals surface area (Å²) < 4.78 is 7.19. The van der Waals surface area contributed by atoms with E-state index in [0.29, 0.717) is 28.4 Å². The van der Waals surface area contributed by atoms with E-state index in [4.69, 9.17) is 4.42 Å². The van der Waals surface area contributed by atoms with Crippen LogP contribution < -0.4 is 10.6 Å². The van der Waals surface area contributed by atoms with Crippen LogP contribution in [0.4, 0.5) is 5.00 Å². The summed E-state index contributed by atoms with van der Waals surface area (Å²) in [4.78, 5) is 26.9. The highest BCUT2D eigenvalue weighted by atomic mass is 32.1. The van der Waals surface area contributed by atoms with Gasteiger partial charge in [-0.1, -0.05) is 6.92 Å².